The van der Waals surface area contributed by atoms with E-state index in [1.54, 1.807) is 18.7 Å². The second-order valence-electron chi connectivity index (χ2n) is 11.3. The second-order valence-corrected chi connectivity index (χ2v) is 11.3. The molecule has 1 unspecified atom stereocenters. The standard InChI is InChI=1S/C28H39BF2N4O5/c1-20-8-10-21(11-9-20)15-24(29(38)39)33-26(37)40-18-23-7-5-4-6-13-35(23)25(36)22(17-32)16-27(2,3)34-14-12-28(30,31)19-34/h8-11,16,23-24,38-39H,4-7,12-15,18-19H2,1-3H3,(H,33,37)/t23?,24-/m0/s1. The summed E-state index contributed by atoms with van der Waals surface area (Å²) >= 11 is 0. The number of nitrogens with zero attached hydrogens (tertiary/aromatic N) is 3. The number of aryl methyl sites for hydroxylation is 1. The van der Waals surface area contributed by atoms with E-state index in [1.807, 2.05) is 37.3 Å². The summed E-state index contributed by atoms with van der Waals surface area (Å²) in [6, 6.07) is 8.90. The predicted octanol–water partition coefficient (Wildman–Crippen LogP) is 2.99. The predicted molar refractivity (Wildman–Crippen MR) is 146 cm³/mol. The molecule has 1 aromatic rings. The first kappa shape index (κ1) is 31.5. The fourth-order valence-corrected chi connectivity index (χ4v) is 5.16. The van der Waals surface area contributed by atoms with E-state index in [0.717, 1.165) is 24.0 Å². The Hall–Kier alpha value is -3.01. The number of carbonyl (C=O) groups excluding carboxylic acids is 2. The number of hydrogen-bond acceptors (Lipinski definition) is 7. The molecule has 2 fully saturated rings. The van der Waals surface area contributed by atoms with E-state index >= 15 is 0 Å². The molecule has 9 nitrogen and oxygen atoms in total. The molecule has 12 heteroatoms. The molecule has 2 aliphatic heterocycles. The van der Waals surface area contributed by atoms with Crippen molar-refractivity contribution in [2.75, 3.05) is 26.2 Å². The molecular formula is C28H39BF2N4O5. The third-order valence-corrected chi connectivity index (χ3v) is 7.62. The van der Waals surface area contributed by atoms with Crippen LogP contribution in [0.2, 0.25) is 0 Å². The van der Waals surface area contributed by atoms with Gasteiger partial charge in [-0.2, -0.15) is 5.26 Å². The van der Waals surface area contributed by atoms with Gasteiger partial charge in [0.15, 0.2) is 0 Å². The summed E-state index contributed by atoms with van der Waals surface area (Å²) in [4.78, 5) is 29.2. The molecule has 3 rings (SSSR count). The van der Waals surface area contributed by atoms with Crippen molar-refractivity contribution in [1.29, 1.82) is 5.26 Å². The molecule has 2 atom stereocenters. The van der Waals surface area contributed by atoms with E-state index in [2.05, 4.69) is 5.32 Å². The third kappa shape index (κ3) is 8.75. The van der Waals surface area contributed by atoms with Crippen molar-refractivity contribution >= 4 is 19.1 Å². The van der Waals surface area contributed by atoms with Crippen molar-refractivity contribution in [3.05, 3.63) is 47.0 Å². The number of halogens is 2. The normalized spacial score (nSPS) is 20.8. The summed E-state index contributed by atoms with van der Waals surface area (Å²) in [7, 11) is -1.81. The third-order valence-electron chi connectivity index (χ3n) is 7.62. The average molecular weight is 560 g/mol. The fraction of sp³-hybridized carbons (Fsp3) is 0.607. The van der Waals surface area contributed by atoms with E-state index in [9.17, 15) is 33.7 Å². The van der Waals surface area contributed by atoms with Gasteiger partial charge in [-0.05, 0) is 51.7 Å². The van der Waals surface area contributed by atoms with Gasteiger partial charge in [0, 0.05) is 25.0 Å². The lowest BCUT2D eigenvalue weighted by molar-refractivity contribution is -0.129. The first-order chi connectivity index (χ1) is 18.8. The number of nitrogens with one attached hydrogen (secondary N) is 1. The van der Waals surface area contributed by atoms with Crippen molar-refractivity contribution < 1.29 is 33.2 Å². The van der Waals surface area contributed by atoms with Crippen molar-refractivity contribution in [3.63, 3.8) is 0 Å². The molecule has 2 saturated heterocycles. The largest absolute Gasteiger partial charge is 0.475 e. The zero-order chi connectivity index (χ0) is 29.5. The monoisotopic (exact) mass is 560 g/mol. The van der Waals surface area contributed by atoms with Gasteiger partial charge in [0.2, 0.25) is 0 Å². The smallest absolute Gasteiger partial charge is 0.447 e. The number of alkyl halides is 2. The Balaban J connectivity index is 1.66. The summed E-state index contributed by atoms with van der Waals surface area (Å²) in [6.45, 7) is 5.28. The maximum absolute atomic E-state index is 13.8. The topological polar surface area (TPSA) is 126 Å². The van der Waals surface area contributed by atoms with Gasteiger partial charge in [-0.1, -0.05) is 42.7 Å². The Morgan fingerprint density at radius 1 is 1.25 bits per heavy atom. The van der Waals surface area contributed by atoms with E-state index in [-0.39, 0.29) is 31.6 Å². The van der Waals surface area contributed by atoms with Crippen LogP contribution in [0.15, 0.2) is 35.9 Å². The number of alkyl carbamates (subject to hydrolysis) is 1. The van der Waals surface area contributed by atoms with Gasteiger partial charge >= 0.3 is 13.2 Å². The van der Waals surface area contributed by atoms with Gasteiger partial charge in [-0.25, -0.2) is 13.6 Å². The number of ether oxygens (including phenoxy) is 1. The van der Waals surface area contributed by atoms with Crippen LogP contribution in [0.3, 0.4) is 0 Å². The van der Waals surface area contributed by atoms with Crippen LogP contribution in [0.25, 0.3) is 0 Å². The molecule has 2 heterocycles. The molecule has 2 amide bonds. The fourth-order valence-electron chi connectivity index (χ4n) is 5.16. The van der Waals surface area contributed by atoms with E-state index in [0.29, 0.717) is 19.4 Å². The molecule has 0 aliphatic carbocycles. The Bertz CT molecular complexity index is 1110. The highest BCUT2D eigenvalue weighted by atomic mass is 19.3. The summed E-state index contributed by atoms with van der Waals surface area (Å²) < 4.78 is 33.0. The van der Waals surface area contributed by atoms with Crippen molar-refractivity contribution in [2.45, 2.75) is 82.7 Å². The molecule has 0 spiro atoms. The highest BCUT2D eigenvalue weighted by molar-refractivity contribution is 6.43. The van der Waals surface area contributed by atoms with Gasteiger partial charge in [-0.3, -0.25) is 9.69 Å². The van der Waals surface area contributed by atoms with Crippen LogP contribution in [0, 0.1) is 18.3 Å². The summed E-state index contributed by atoms with van der Waals surface area (Å²) in [5.74, 6) is -4.34. The van der Waals surface area contributed by atoms with Gasteiger partial charge < -0.3 is 25.0 Å². The molecular weight excluding hydrogens is 521 g/mol. The molecule has 0 saturated carbocycles. The van der Waals surface area contributed by atoms with Crippen molar-refractivity contribution in [3.8, 4) is 6.07 Å². The number of nitriles is 1. The second kappa shape index (κ2) is 13.6. The van der Waals surface area contributed by atoms with Crippen LogP contribution in [-0.4, -0.2) is 88.7 Å². The SMILES string of the molecule is Cc1ccc(C[C@H](NC(=O)OCC2CCCCCN2C(=O)C(C#N)=CC(C)(C)N2CCC(F)(F)C2)B(O)O)cc1. The minimum atomic E-state index is -2.80. The Morgan fingerprint density at radius 2 is 1.95 bits per heavy atom. The van der Waals surface area contributed by atoms with Crippen LogP contribution in [0.4, 0.5) is 13.6 Å². The van der Waals surface area contributed by atoms with Crippen LogP contribution in [0.5, 0.6) is 0 Å². The molecule has 0 radical (unpaired) electrons. The highest BCUT2D eigenvalue weighted by Crippen LogP contribution is 2.33. The summed E-state index contributed by atoms with van der Waals surface area (Å²) in [6.07, 6.45) is 3.42. The minimum Gasteiger partial charge on any atom is -0.447 e. The quantitative estimate of drug-likeness (QED) is 0.241. The molecule has 218 valence electrons. The molecule has 0 aromatic heterocycles. The summed E-state index contributed by atoms with van der Waals surface area (Å²) in [5, 5.41) is 31.9. The Kier molecular flexibility index (Phi) is 10.7. The highest BCUT2D eigenvalue weighted by Gasteiger charge is 2.43. The van der Waals surface area contributed by atoms with Crippen molar-refractivity contribution in [2.24, 2.45) is 0 Å². The van der Waals surface area contributed by atoms with Gasteiger partial charge in [0.05, 0.1) is 18.5 Å². The van der Waals surface area contributed by atoms with Crippen LogP contribution in [-0.2, 0) is 16.0 Å². The van der Waals surface area contributed by atoms with Crippen LogP contribution < -0.4 is 5.32 Å². The first-order valence-corrected chi connectivity index (χ1v) is 13.7. The van der Waals surface area contributed by atoms with Crippen molar-refractivity contribution in [1.82, 2.24) is 15.1 Å². The number of benzene rings is 1. The molecule has 2 aliphatic rings. The van der Waals surface area contributed by atoms with E-state index < -0.39 is 49.1 Å². The zero-order valence-corrected chi connectivity index (χ0v) is 23.4. The Labute approximate surface area is 234 Å². The van der Waals surface area contributed by atoms with E-state index in [4.69, 9.17) is 4.74 Å². The number of hydrogen-bond donors (Lipinski definition) is 3. The lowest BCUT2D eigenvalue weighted by Crippen LogP contribution is -2.49. The number of rotatable bonds is 9. The zero-order valence-electron chi connectivity index (χ0n) is 23.4. The number of likely N-dealkylation sites (tertiary alicyclic amines) is 2. The maximum Gasteiger partial charge on any atom is 0.475 e. The average Bonchev–Trinajstić information content (AvgIpc) is 3.12. The van der Waals surface area contributed by atoms with Gasteiger partial charge in [0.1, 0.15) is 18.2 Å². The molecule has 40 heavy (non-hydrogen) atoms. The Morgan fingerprint density at radius 3 is 2.55 bits per heavy atom. The maximum atomic E-state index is 13.8. The molecule has 1 aromatic carbocycles. The number of carbonyl (C=O) groups is 2. The number of amides is 2. The summed E-state index contributed by atoms with van der Waals surface area (Å²) in [5.41, 5.74) is 0.782. The lowest BCUT2D eigenvalue weighted by Gasteiger charge is -2.34. The van der Waals surface area contributed by atoms with Crippen LogP contribution in [0.1, 0.15) is 57.1 Å². The van der Waals surface area contributed by atoms with E-state index in [1.165, 1.54) is 11.0 Å². The van der Waals surface area contributed by atoms with Crippen LogP contribution >= 0.6 is 0 Å². The van der Waals surface area contributed by atoms with Gasteiger partial charge in [0.25, 0.3) is 11.8 Å². The van der Waals surface area contributed by atoms with Gasteiger partial charge in [-0.15, -0.1) is 0 Å². The molecule has 3 N–H and O–H groups in total. The minimum absolute atomic E-state index is 0.141. The first-order valence-electron chi connectivity index (χ1n) is 13.7. The molecule has 0 bridgehead atoms. The lowest BCUT2D eigenvalue weighted by atomic mass is 9.76.